The summed E-state index contributed by atoms with van der Waals surface area (Å²) in [5, 5.41) is 3.51. The van der Waals surface area contributed by atoms with Crippen LogP contribution in [0.2, 0.25) is 0 Å². The summed E-state index contributed by atoms with van der Waals surface area (Å²) >= 11 is 0. The van der Waals surface area contributed by atoms with Crippen molar-refractivity contribution in [3.8, 4) is 5.75 Å². The van der Waals surface area contributed by atoms with Gasteiger partial charge in [-0.25, -0.2) is 0 Å². The van der Waals surface area contributed by atoms with Crippen LogP contribution in [0.25, 0.3) is 0 Å². The van der Waals surface area contributed by atoms with Gasteiger partial charge in [0, 0.05) is 6.04 Å². The normalized spacial score (nSPS) is 24.5. The number of benzene rings is 1. The van der Waals surface area contributed by atoms with Crippen LogP contribution in [0.5, 0.6) is 5.75 Å². The highest BCUT2D eigenvalue weighted by Gasteiger charge is 2.52. The van der Waals surface area contributed by atoms with Crippen molar-refractivity contribution in [3.05, 3.63) is 29.8 Å². The van der Waals surface area contributed by atoms with E-state index in [2.05, 4.69) is 64.3 Å². The Morgan fingerprint density at radius 1 is 1.20 bits per heavy atom. The van der Waals surface area contributed by atoms with Gasteiger partial charge in [-0.2, -0.15) is 0 Å². The first-order chi connectivity index (χ1) is 9.57. The highest BCUT2D eigenvalue weighted by molar-refractivity contribution is 5.34. The Balaban J connectivity index is 2.15. The molecular formula is C18H29NO. The molecule has 0 saturated heterocycles. The maximum Gasteiger partial charge on any atom is 0.119 e. The highest BCUT2D eigenvalue weighted by atomic mass is 16.5. The Bertz CT molecular complexity index is 420. The summed E-state index contributed by atoms with van der Waals surface area (Å²) in [5.41, 5.74) is 1.89. The minimum atomic E-state index is 0.239. The second-order valence-electron chi connectivity index (χ2n) is 6.31. The molecule has 1 aliphatic rings. The van der Waals surface area contributed by atoms with Gasteiger partial charge in [-0.05, 0) is 69.2 Å². The fraction of sp³-hybridized carbons (Fsp3) is 0.667. The van der Waals surface area contributed by atoms with Crippen molar-refractivity contribution >= 4 is 0 Å². The van der Waals surface area contributed by atoms with Crippen molar-refractivity contribution in [2.24, 2.45) is 5.41 Å². The van der Waals surface area contributed by atoms with Gasteiger partial charge in [0.15, 0.2) is 0 Å². The second kappa shape index (κ2) is 6.17. The molecule has 1 saturated carbocycles. The average molecular weight is 275 g/mol. The van der Waals surface area contributed by atoms with Crippen LogP contribution in [0, 0.1) is 5.41 Å². The molecule has 1 aromatic rings. The van der Waals surface area contributed by atoms with Crippen LogP contribution >= 0.6 is 0 Å². The number of ether oxygens (including phenoxy) is 1. The largest absolute Gasteiger partial charge is 0.491 e. The van der Waals surface area contributed by atoms with Gasteiger partial charge in [0.25, 0.3) is 0 Å². The van der Waals surface area contributed by atoms with Crippen molar-refractivity contribution in [1.82, 2.24) is 5.32 Å². The summed E-state index contributed by atoms with van der Waals surface area (Å²) in [7, 11) is 2.10. The number of rotatable bonds is 6. The van der Waals surface area contributed by atoms with Crippen LogP contribution in [0.15, 0.2) is 24.3 Å². The van der Waals surface area contributed by atoms with E-state index in [0.717, 1.165) is 5.75 Å². The SMILES string of the molecule is CCC1(CC)C(NC)CC1c1ccc(OC(C)C)cc1. The van der Waals surface area contributed by atoms with Gasteiger partial charge in [-0.15, -0.1) is 0 Å². The first-order valence-electron chi connectivity index (χ1n) is 8.01. The van der Waals surface area contributed by atoms with E-state index in [4.69, 9.17) is 4.74 Å². The van der Waals surface area contributed by atoms with E-state index >= 15 is 0 Å². The first kappa shape index (κ1) is 15.4. The fourth-order valence-corrected chi connectivity index (χ4v) is 3.95. The van der Waals surface area contributed by atoms with Gasteiger partial charge in [0.2, 0.25) is 0 Å². The van der Waals surface area contributed by atoms with Crippen LogP contribution in [0.3, 0.4) is 0 Å². The summed E-state index contributed by atoms with van der Waals surface area (Å²) in [5.74, 6) is 1.66. The predicted molar refractivity (Wildman–Crippen MR) is 85.4 cm³/mol. The van der Waals surface area contributed by atoms with E-state index in [9.17, 15) is 0 Å². The second-order valence-corrected chi connectivity index (χ2v) is 6.31. The number of nitrogens with one attached hydrogen (secondary N) is 1. The highest BCUT2D eigenvalue weighted by Crippen LogP contribution is 2.57. The quantitative estimate of drug-likeness (QED) is 0.833. The molecule has 0 bridgehead atoms. The molecule has 0 radical (unpaired) electrons. The Kier molecular flexibility index (Phi) is 4.74. The van der Waals surface area contributed by atoms with E-state index in [1.165, 1.54) is 24.8 Å². The monoisotopic (exact) mass is 275 g/mol. The Labute approximate surface area is 123 Å². The van der Waals surface area contributed by atoms with Crippen molar-refractivity contribution in [3.63, 3.8) is 0 Å². The molecule has 2 rings (SSSR count). The van der Waals surface area contributed by atoms with E-state index in [1.807, 2.05) is 0 Å². The van der Waals surface area contributed by atoms with E-state index in [-0.39, 0.29) is 6.10 Å². The Morgan fingerprint density at radius 3 is 2.25 bits per heavy atom. The molecule has 0 amide bonds. The first-order valence-corrected chi connectivity index (χ1v) is 8.01. The van der Waals surface area contributed by atoms with Crippen molar-refractivity contribution in [2.75, 3.05) is 7.05 Å². The van der Waals surface area contributed by atoms with Crippen molar-refractivity contribution in [1.29, 1.82) is 0 Å². The van der Waals surface area contributed by atoms with Gasteiger partial charge in [-0.1, -0.05) is 26.0 Å². The molecule has 112 valence electrons. The summed E-state index contributed by atoms with van der Waals surface area (Å²) in [4.78, 5) is 0. The van der Waals surface area contributed by atoms with Gasteiger partial charge >= 0.3 is 0 Å². The Hall–Kier alpha value is -1.02. The van der Waals surface area contributed by atoms with Crippen LogP contribution in [-0.2, 0) is 0 Å². The lowest BCUT2D eigenvalue weighted by atomic mass is 9.52. The Morgan fingerprint density at radius 2 is 1.80 bits per heavy atom. The van der Waals surface area contributed by atoms with Gasteiger partial charge in [-0.3, -0.25) is 0 Å². The van der Waals surface area contributed by atoms with Crippen LogP contribution < -0.4 is 10.1 Å². The van der Waals surface area contributed by atoms with Crippen molar-refractivity contribution < 1.29 is 4.74 Å². The summed E-state index contributed by atoms with van der Waals surface area (Å²) in [6.07, 6.45) is 3.97. The van der Waals surface area contributed by atoms with Crippen molar-refractivity contribution in [2.45, 2.75) is 65.0 Å². The van der Waals surface area contributed by atoms with Gasteiger partial charge in [0.05, 0.1) is 6.10 Å². The number of hydrogen-bond acceptors (Lipinski definition) is 2. The standard InChI is InChI=1S/C18H29NO/c1-6-18(7-2)16(12-17(18)19-5)14-8-10-15(11-9-14)20-13(3)4/h8-11,13,16-17,19H,6-7,12H2,1-5H3. The maximum atomic E-state index is 5.74. The topological polar surface area (TPSA) is 21.3 Å². The molecule has 1 aromatic carbocycles. The zero-order chi connectivity index (χ0) is 14.8. The van der Waals surface area contributed by atoms with Crippen LogP contribution in [0.4, 0.5) is 0 Å². The smallest absolute Gasteiger partial charge is 0.119 e. The van der Waals surface area contributed by atoms with Crippen LogP contribution in [0.1, 0.15) is 58.4 Å². The van der Waals surface area contributed by atoms with E-state index in [0.29, 0.717) is 17.4 Å². The maximum absolute atomic E-state index is 5.74. The molecule has 2 heteroatoms. The van der Waals surface area contributed by atoms with E-state index < -0.39 is 0 Å². The zero-order valence-corrected chi connectivity index (χ0v) is 13.6. The molecule has 1 fully saturated rings. The molecule has 0 aliphatic heterocycles. The number of hydrogen-bond donors (Lipinski definition) is 1. The molecule has 2 atom stereocenters. The minimum absolute atomic E-state index is 0.239. The lowest BCUT2D eigenvalue weighted by Crippen LogP contribution is -2.57. The lowest BCUT2D eigenvalue weighted by molar-refractivity contribution is 0.0245. The predicted octanol–water partition coefficient (Wildman–Crippen LogP) is 4.36. The fourth-order valence-electron chi connectivity index (χ4n) is 3.95. The molecule has 0 heterocycles. The third-order valence-electron chi connectivity index (χ3n) is 5.18. The third-order valence-corrected chi connectivity index (χ3v) is 5.18. The summed E-state index contributed by atoms with van der Waals surface area (Å²) < 4.78 is 5.74. The summed E-state index contributed by atoms with van der Waals surface area (Å²) in [6.45, 7) is 8.79. The summed E-state index contributed by atoms with van der Waals surface area (Å²) in [6, 6.07) is 9.42. The van der Waals surface area contributed by atoms with E-state index in [1.54, 1.807) is 0 Å². The molecule has 2 nitrogen and oxygen atoms in total. The van der Waals surface area contributed by atoms with Crippen LogP contribution in [-0.4, -0.2) is 19.2 Å². The van der Waals surface area contributed by atoms with Gasteiger partial charge < -0.3 is 10.1 Å². The molecule has 20 heavy (non-hydrogen) atoms. The average Bonchev–Trinajstić information content (AvgIpc) is 2.41. The molecule has 2 unspecified atom stereocenters. The van der Waals surface area contributed by atoms with Gasteiger partial charge in [0.1, 0.15) is 5.75 Å². The lowest BCUT2D eigenvalue weighted by Gasteiger charge is -2.56. The zero-order valence-electron chi connectivity index (χ0n) is 13.6. The molecular weight excluding hydrogens is 246 g/mol. The molecule has 1 aliphatic carbocycles. The molecule has 0 spiro atoms. The molecule has 1 N–H and O–H groups in total. The minimum Gasteiger partial charge on any atom is -0.491 e. The third kappa shape index (κ3) is 2.58. The molecule has 0 aromatic heterocycles.